The van der Waals surface area contributed by atoms with Crippen molar-refractivity contribution < 1.29 is 9.59 Å². The molecular formula is C16H19N3O2S. The number of urea groups is 1. The van der Waals surface area contributed by atoms with Crippen LogP contribution in [0.1, 0.15) is 28.5 Å². The van der Waals surface area contributed by atoms with E-state index >= 15 is 0 Å². The van der Waals surface area contributed by atoms with Crippen molar-refractivity contribution in [1.82, 2.24) is 5.32 Å². The van der Waals surface area contributed by atoms with Crippen molar-refractivity contribution in [3.05, 3.63) is 51.7 Å². The highest BCUT2D eigenvalue weighted by Gasteiger charge is 2.18. The summed E-state index contributed by atoms with van der Waals surface area (Å²) >= 11 is 1.48. The van der Waals surface area contributed by atoms with Gasteiger partial charge in [-0.05, 0) is 42.5 Å². The SMILES string of the molecule is Cc1ccc(C)c(NC(=O)CC(NC(N)=O)c2cccs2)c1. The van der Waals surface area contributed by atoms with Gasteiger partial charge in [0, 0.05) is 10.6 Å². The number of nitrogens with one attached hydrogen (secondary N) is 2. The maximum absolute atomic E-state index is 12.3. The number of aryl methyl sites for hydroxylation is 2. The second kappa shape index (κ2) is 7.09. The Balaban J connectivity index is 2.08. The van der Waals surface area contributed by atoms with Gasteiger partial charge >= 0.3 is 6.03 Å². The van der Waals surface area contributed by atoms with Gasteiger partial charge < -0.3 is 16.4 Å². The lowest BCUT2D eigenvalue weighted by molar-refractivity contribution is -0.116. The summed E-state index contributed by atoms with van der Waals surface area (Å²) in [6, 6.07) is 8.57. The quantitative estimate of drug-likeness (QED) is 0.791. The first-order valence-electron chi connectivity index (χ1n) is 6.92. The van der Waals surface area contributed by atoms with Crippen LogP contribution in [0.15, 0.2) is 35.7 Å². The molecule has 1 unspecified atom stereocenters. The minimum atomic E-state index is -0.641. The number of carbonyl (C=O) groups is 2. The predicted molar refractivity (Wildman–Crippen MR) is 88.9 cm³/mol. The highest BCUT2D eigenvalue weighted by Crippen LogP contribution is 2.23. The van der Waals surface area contributed by atoms with Crippen LogP contribution in [-0.4, -0.2) is 11.9 Å². The van der Waals surface area contributed by atoms with Crippen molar-refractivity contribution in [2.75, 3.05) is 5.32 Å². The normalized spacial score (nSPS) is 11.7. The van der Waals surface area contributed by atoms with Crippen LogP contribution in [0, 0.1) is 13.8 Å². The third-order valence-corrected chi connectivity index (χ3v) is 4.25. The first-order chi connectivity index (χ1) is 10.5. The number of anilines is 1. The number of hydrogen-bond donors (Lipinski definition) is 3. The molecule has 1 atom stereocenters. The van der Waals surface area contributed by atoms with E-state index in [1.165, 1.54) is 11.3 Å². The molecule has 0 bridgehead atoms. The molecule has 2 rings (SSSR count). The molecule has 0 saturated heterocycles. The van der Waals surface area contributed by atoms with Gasteiger partial charge in [0.15, 0.2) is 0 Å². The minimum absolute atomic E-state index is 0.136. The third kappa shape index (κ3) is 4.33. The van der Waals surface area contributed by atoms with Crippen molar-refractivity contribution in [3.63, 3.8) is 0 Å². The molecule has 2 aromatic rings. The fourth-order valence-corrected chi connectivity index (χ4v) is 2.92. The largest absolute Gasteiger partial charge is 0.352 e. The summed E-state index contributed by atoms with van der Waals surface area (Å²) in [5, 5.41) is 7.40. The number of benzene rings is 1. The van der Waals surface area contributed by atoms with Crippen LogP contribution >= 0.6 is 11.3 Å². The summed E-state index contributed by atoms with van der Waals surface area (Å²) in [5.74, 6) is -0.166. The van der Waals surface area contributed by atoms with Crippen molar-refractivity contribution in [1.29, 1.82) is 0 Å². The van der Waals surface area contributed by atoms with Gasteiger partial charge in [-0.3, -0.25) is 4.79 Å². The van der Waals surface area contributed by atoms with Gasteiger partial charge in [-0.2, -0.15) is 0 Å². The van der Waals surface area contributed by atoms with Gasteiger partial charge in [0.05, 0.1) is 12.5 Å². The molecule has 5 nitrogen and oxygen atoms in total. The van der Waals surface area contributed by atoms with Gasteiger partial charge in [-0.25, -0.2) is 4.79 Å². The van der Waals surface area contributed by atoms with Gasteiger partial charge in [-0.1, -0.05) is 18.2 Å². The molecule has 3 amide bonds. The third-order valence-electron chi connectivity index (χ3n) is 3.26. The molecule has 0 aliphatic carbocycles. The van der Waals surface area contributed by atoms with Crippen LogP contribution in [0.4, 0.5) is 10.5 Å². The van der Waals surface area contributed by atoms with Crippen LogP contribution in [0.3, 0.4) is 0 Å². The first-order valence-corrected chi connectivity index (χ1v) is 7.80. The molecule has 0 aliphatic rings. The molecular weight excluding hydrogens is 298 g/mol. The van der Waals surface area contributed by atoms with Crippen molar-refractivity contribution >= 4 is 29.0 Å². The summed E-state index contributed by atoms with van der Waals surface area (Å²) < 4.78 is 0. The van der Waals surface area contributed by atoms with E-state index in [9.17, 15) is 9.59 Å². The number of amides is 3. The van der Waals surface area contributed by atoms with Crippen molar-refractivity contribution in [2.24, 2.45) is 5.73 Å². The molecule has 0 aliphatic heterocycles. The maximum atomic E-state index is 12.3. The highest BCUT2D eigenvalue weighted by atomic mass is 32.1. The van der Waals surface area contributed by atoms with E-state index in [-0.39, 0.29) is 12.3 Å². The second-order valence-corrected chi connectivity index (χ2v) is 6.13. The average molecular weight is 317 g/mol. The second-order valence-electron chi connectivity index (χ2n) is 5.15. The van der Waals surface area contributed by atoms with Gasteiger partial charge in [0.2, 0.25) is 5.91 Å². The summed E-state index contributed by atoms with van der Waals surface area (Å²) in [6.45, 7) is 3.91. The van der Waals surface area contributed by atoms with Crippen LogP contribution in [0.25, 0.3) is 0 Å². The Morgan fingerprint density at radius 2 is 2.05 bits per heavy atom. The fraction of sp³-hybridized carbons (Fsp3) is 0.250. The summed E-state index contributed by atoms with van der Waals surface area (Å²) in [6.07, 6.45) is 0.136. The Morgan fingerprint density at radius 3 is 2.68 bits per heavy atom. The molecule has 0 fully saturated rings. The molecule has 1 heterocycles. The van der Waals surface area contributed by atoms with Crippen LogP contribution in [0.2, 0.25) is 0 Å². The molecule has 1 aromatic carbocycles. The lowest BCUT2D eigenvalue weighted by Crippen LogP contribution is -2.34. The smallest absolute Gasteiger partial charge is 0.312 e. The average Bonchev–Trinajstić information content (AvgIpc) is 2.95. The molecule has 6 heteroatoms. The van der Waals surface area contributed by atoms with Gasteiger partial charge in [0.1, 0.15) is 0 Å². The van der Waals surface area contributed by atoms with E-state index in [0.29, 0.717) is 0 Å². The van der Waals surface area contributed by atoms with E-state index in [2.05, 4.69) is 10.6 Å². The standard InChI is InChI=1S/C16H19N3O2S/c1-10-5-6-11(2)12(8-10)18-15(20)9-13(19-16(17)21)14-4-3-7-22-14/h3-8,13H,9H2,1-2H3,(H,18,20)(H3,17,19,21). The number of primary amides is 1. The van der Waals surface area contributed by atoms with Crippen molar-refractivity contribution in [3.8, 4) is 0 Å². The molecule has 4 N–H and O–H groups in total. The van der Waals surface area contributed by atoms with Gasteiger partial charge in [-0.15, -0.1) is 11.3 Å². The molecule has 0 spiro atoms. The van der Waals surface area contributed by atoms with E-state index in [4.69, 9.17) is 5.73 Å². The predicted octanol–water partition coefficient (Wildman–Crippen LogP) is 3.10. The molecule has 0 saturated carbocycles. The first kappa shape index (κ1) is 16.0. The van der Waals surface area contributed by atoms with E-state index in [1.807, 2.05) is 49.6 Å². The van der Waals surface area contributed by atoms with Gasteiger partial charge in [0.25, 0.3) is 0 Å². The summed E-state index contributed by atoms with van der Waals surface area (Å²) in [7, 11) is 0. The van der Waals surface area contributed by atoms with E-state index in [0.717, 1.165) is 21.7 Å². The summed E-state index contributed by atoms with van der Waals surface area (Å²) in [4.78, 5) is 24.3. The molecule has 22 heavy (non-hydrogen) atoms. The Bertz CT molecular complexity index is 668. The zero-order valence-electron chi connectivity index (χ0n) is 12.6. The zero-order valence-corrected chi connectivity index (χ0v) is 13.4. The number of rotatable bonds is 5. The maximum Gasteiger partial charge on any atom is 0.312 e. The molecule has 1 aromatic heterocycles. The topological polar surface area (TPSA) is 84.2 Å². The Hall–Kier alpha value is -2.34. The minimum Gasteiger partial charge on any atom is -0.352 e. The monoisotopic (exact) mass is 317 g/mol. The fourth-order valence-electron chi connectivity index (χ4n) is 2.14. The lowest BCUT2D eigenvalue weighted by atomic mass is 10.1. The van der Waals surface area contributed by atoms with Crippen molar-refractivity contribution in [2.45, 2.75) is 26.3 Å². The van der Waals surface area contributed by atoms with E-state index in [1.54, 1.807) is 0 Å². The lowest BCUT2D eigenvalue weighted by Gasteiger charge is -2.16. The Morgan fingerprint density at radius 1 is 1.27 bits per heavy atom. The zero-order chi connectivity index (χ0) is 16.1. The molecule has 116 valence electrons. The highest BCUT2D eigenvalue weighted by molar-refractivity contribution is 7.10. The number of thiophene rings is 1. The van der Waals surface area contributed by atoms with Crippen LogP contribution < -0.4 is 16.4 Å². The van der Waals surface area contributed by atoms with Crippen LogP contribution in [-0.2, 0) is 4.79 Å². The Kier molecular flexibility index (Phi) is 5.16. The number of nitrogens with two attached hydrogens (primary N) is 1. The number of carbonyl (C=O) groups excluding carboxylic acids is 2. The summed E-state index contributed by atoms with van der Waals surface area (Å²) in [5.41, 5.74) is 8.05. The van der Waals surface area contributed by atoms with Crippen LogP contribution in [0.5, 0.6) is 0 Å². The molecule has 0 radical (unpaired) electrons. The number of hydrogen-bond acceptors (Lipinski definition) is 3. The Labute approximate surface area is 133 Å². The van der Waals surface area contributed by atoms with E-state index < -0.39 is 12.1 Å².